The number of nitrogens with zero attached hydrogens (tertiary/aromatic N) is 3. The highest BCUT2D eigenvalue weighted by molar-refractivity contribution is 5.68. The zero-order valence-electron chi connectivity index (χ0n) is 7.84. The zero-order valence-corrected chi connectivity index (χ0v) is 7.84. The van der Waals surface area contributed by atoms with Gasteiger partial charge in [-0.3, -0.25) is 0 Å². The molecule has 3 aromatic heterocycles. The lowest BCUT2D eigenvalue weighted by molar-refractivity contribution is 0.517. The van der Waals surface area contributed by atoms with E-state index in [0.29, 0.717) is 6.42 Å². The molecule has 0 aliphatic rings. The summed E-state index contributed by atoms with van der Waals surface area (Å²) in [4.78, 5) is 15.5. The summed E-state index contributed by atoms with van der Waals surface area (Å²) in [5.41, 5.74) is 1.53. The summed E-state index contributed by atoms with van der Waals surface area (Å²) in [5, 5.41) is 0. The first-order valence-corrected chi connectivity index (χ1v) is 4.59. The van der Waals surface area contributed by atoms with E-state index in [2.05, 4.69) is 19.9 Å². The fraction of sp³-hybridized carbons (Fsp3) is 0.100. The lowest BCUT2D eigenvalue weighted by atomic mass is 10.3. The summed E-state index contributed by atoms with van der Waals surface area (Å²) in [6, 6.07) is 3.75. The lowest BCUT2D eigenvalue weighted by Crippen LogP contribution is -1.95. The maximum atomic E-state index is 5.23. The summed E-state index contributed by atoms with van der Waals surface area (Å²) in [6.45, 7) is 0. The van der Waals surface area contributed by atoms with Crippen molar-refractivity contribution in [3.63, 3.8) is 0 Å². The summed E-state index contributed by atoms with van der Waals surface area (Å²) in [6.07, 6.45) is 5.55. The van der Waals surface area contributed by atoms with Crippen LogP contribution >= 0.6 is 0 Å². The number of hydrogen-bond donors (Lipinski definition) is 1. The van der Waals surface area contributed by atoms with Crippen LogP contribution in [0.4, 0.5) is 0 Å². The summed E-state index contributed by atoms with van der Waals surface area (Å²) in [5.74, 6) is 1.58. The van der Waals surface area contributed by atoms with Gasteiger partial charge in [-0.1, -0.05) is 0 Å². The standard InChI is InChI=1S/C10H8N4O/c1-2-7(15-3-1)4-9-11-5-8-10(14-9)13-6-12-8/h1-3,5-6H,4H2,(H,11,12,13,14). The molecule has 0 aliphatic carbocycles. The van der Waals surface area contributed by atoms with E-state index in [1.54, 1.807) is 18.8 Å². The fourth-order valence-corrected chi connectivity index (χ4v) is 1.43. The molecule has 5 heteroatoms. The molecule has 0 amide bonds. The number of fused-ring (bicyclic) bond motifs is 1. The molecule has 0 atom stereocenters. The van der Waals surface area contributed by atoms with E-state index in [0.717, 1.165) is 22.7 Å². The second kappa shape index (κ2) is 3.20. The predicted octanol–water partition coefficient (Wildman–Crippen LogP) is 1.54. The topological polar surface area (TPSA) is 67.6 Å². The molecule has 3 heterocycles. The molecule has 15 heavy (non-hydrogen) atoms. The first kappa shape index (κ1) is 8.16. The average Bonchev–Trinajstić information content (AvgIpc) is 2.87. The van der Waals surface area contributed by atoms with Gasteiger partial charge < -0.3 is 9.40 Å². The molecule has 0 fully saturated rings. The molecular weight excluding hydrogens is 192 g/mol. The molecule has 5 nitrogen and oxygen atoms in total. The minimum absolute atomic E-state index is 0.599. The van der Waals surface area contributed by atoms with Crippen LogP contribution in [-0.2, 0) is 6.42 Å². The highest BCUT2D eigenvalue weighted by Gasteiger charge is 2.04. The second-order valence-corrected chi connectivity index (χ2v) is 3.18. The minimum Gasteiger partial charge on any atom is -0.469 e. The van der Waals surface area contributed by atoms with Crippen LogP contribution in [0.15, 0.2) is 35.3 Å². The number of aromatic nitrogens is 4. The van der Waals surface area contributed by atoms with Gasteiger partial charge in [0.25, 0.3) is 0 Å². The van der Waals surface area contributed by atoms with Gasteiger partial charge >= 0.3 is 0 Å². The molecule has 0 bridgehead atoms. The third-order valence-corrected chi connectivity index (χ3v) is 2.14. The van der Waals surface area contributed by atoms with Crippen molar-refractivity contribution in [2.24, 2.45) is 0 Å². The van der Waals surface area contributed by atoms with Crippen LogP contribution in [0.25, 0.3) is 11.2 Å². The van der Waals surface area contributed by atoms with Gasteiger partial charge in [0.05, 0.1) is 25.2 Å². The fourth-order valence-electron chi connectivity index (χ4n) is 1.43. The van der Waals surface area contributed by atoms with Gasteiger partial charge in [-0.15, -0.1) is 0 Å². The number of H-pyrrole nitrogens is 1. The van der Waals surface area contributed by atoms with Crippen LogP contribution < -0.4 is 0 Å². The van der Waals surface area contributed by atoms with Gasteiger partial charge in [0.1, 0.15) is 17.1 Å². The van der Waals surface area contributed by atoms with E-state index >= 15 is 0 Å². The number of nitrogens with one attached hydrogen (secondary N) is 1. The normalized spacial score (nSPS) is 10.9. The van der Waals surface area contributed by atoms with Crippen molar-refractivity contribution in [1.82, 2.24) is 19.9 Å². The summed E-state index contributed by atoms with van der Waals surface area (Å²) >= 11 is 0. The smallest absolute Gasteiger partial charge is 0.160 e. The average molecular weight is 200 g/mol. The van der Waals surface area contributed by atoms with Gasteiger partial charge in [-0.05, 0) is 12.1 Å². The van der Waals surface area contributed by atoms with Crippen LogP contribution in [0.3, 0.4) is 0 Å². The molecule has 0 aliphatic heterocycles. The van der Waals surface area contributed by atoms with Crippen LogP contribution in [-0.4, -0.2) is 19.9 Å². The number of hydrogen-bond acceptors (Lipinski definition) is 4. The SMILES string of the molecule is c1coc(Cc2ncc3nc[nH]c3n2)c1. The van der Waals surface area contributed by atoms with E-state index in [9.17, 15) is 0 Å². The monoisotopic (exact) mass is 200 g/mol. The first-order valence-electron chi connectivity index (χ1n) is 4.59. The molecule has 0 unspecified atom stereocenters. The molecule has 0 spiro atoms. The Morgan fingerprint density at radius 2 is 2.33 bits per heavy atom. The Kier molecular flexibility index (Phi) is 1.74. The van der Waals surface area contributed by atoms with E-state index in [4.69, 9.17) is 4.42 Å². The van der Waals surface area contributed by atoms with Gasteiger partial charge in [0.2, 0.25) is 0 Å². The Labute approximate surface area is 85.2 Å². The number of aromatic amines is 1. The minimum atomic E-state index is 0.599. The van der Waals surface area contributed by atoms with Crippen LogP contribution in [0.1, 0.15) is 11.6 Å². The van der Waals surface area contributed by atoms with Crippen molar-refractivity contribution in [2.75, 3.05) is 0 Å². The molecule has 0 saturated heterocycles. The number of imidazole rings is 1. The largest absolute Gasteiger partial charge is 0.469 e. The second-order valence-electron chi connectivity index (χ2n) is 3.18. The third-order valence-electron chi connectivity index (χ3n) is 2.14. The Hall–Kier alpha value is -2.17. The number of rotatable bonds is 2. The molecular formula is C10H8N4O. The lowest BCUT2D eigenvalue weighted by Gasteiger charge is -1.95. The van der Waals surface area contributed by atoms with Crippen LogP contribution in [0.5, 0.6) is 0 Å². The molecule has 1 N–H and O–H groups in total. The van der Waals surface area contributed by atoms with Crippen molar-refractivity contribution in [1.29, 1.82) is 0 Å². The maximum Gasteiger partial charge on any atom is 0.160 e. The summed E-state index contributed by atoms with van der Waals surface area (Å²) in [7, 11) is 0. The molecule has 0 saturated carbocycles. The maximum absolute atomic E-state index is 5.23. The van der Waals surface area contributed by atoms with Crippen molar-refractivity contribution < 1.29 is 4.42 Å². The zero-order chi connectivity index (χ0) is 10.1. The van der Waals surface area contributed by atoms with E-state index < -0.39 is 0 Å². The molecule has 74 valence electrons. The van der Waals surface area contributed by atoms with Crippen molar-refractivity contribution in [3.05, 3.63) is 42.5 Å². The van der Waals surface area contributed by atoms with E-state index in [-0.39, 0.29) is 0 Å². The highest BCUT2D eigenvalue weighted by Crippen LogP contribution is 2.09. The van der Waals surface area contributed by atoms with Crippen LogP contribution in [0.2, 0.25) is 0 Å². The molecule has 3 rings (SSSR count). The van der Waals surface area contributed by atoms with Gasteiger partial charge in [0, 0.05) is 0 Å². The van der Waals surface area contributed by atoms with E-state index in [1.165, 1.54) is 0 Å². The van der Waals surface area contributed by atoms with Gasteiger partial charge in [-0.2, -0.15) is 0 Å². The van der Waals surface area contributed by atoms with E-state index in [1.807, 2.05) is 12.1 Å². The third kappa shape index (κ3) is 1.48. The molecule has 0 aromatic carbocycles. The van der Waals surface area contributed by atoms with Crippen LogP contribution in [0, 0.1) is 0 Å². The molecule has 0 radical (unpaired) electrons. The van der Waals surface area contributed by atoms with Crippen molar-refractivity contribution in [3.8, 4) is 0 Å². The Morgan fingerprint density at radius 1 is 1.33 bits per heavy atom. The summed E-state index contributed by atoms with van der Waals surface area (Å²) < 4.78 is 5.23. The first-order chi connectivity index (χ1) is 7.42. The van der Waals surface area contributed by atoms with Gasteiger partial charge in [-0.25, -0.2) is 15.0 Å². The highest BCUT2D eigenvalue weighted by atomic mass is 16.3. The Bertz CT molecular complexity index is 570. The molecule has 3 aromatic rings. The van der Waals surface area contributed by atoms with Gasteiger partial charge in [0.15, 0.2) is 5.65 Å². The Morgan fingerprint density at radius 3 is 3.20 bits per heavy atom. The Balaban J connectivity index is 1.97. The number of furan rings is 1. The van der Waals surface area contributed by atoms with Crippen molar-refractivity contribution >= 4 is 11.2 Å². The van der Waals surface area contributed by atoms with Crippen molar-refractivity contribution in [2.45, 2.75) is 6.42 Å². The predicted molar refractivity (Wildman–Crippen MR) is 53.2 cm³/mol. The quantitative estimate of drug-likeness (QED) is 0.681.